The Kier molecular flexibility index (Phi) is 2.97. The molecule has 4 nitrogen and oxygen atoms in total. The third-order valence-corrected chi connectivity index (χ3v) is 2.50. The van der Waals surface area contributed by atoms with Gasteiger partial charge in [0.1, 0.15) is 10.3 Å². The van der Waals surface area contributed by atoms with Crippen LogP contribution < -0.4 is 0 Å². The first-order valence-corrected chi connectivity index (χ1v) is 5.40. The standard InChI is InChI=1S/C10H9F3N4S/c1-5-3-6(2)15-9(14-5)17-8(18)4-7(16-17)10(11,12)13/h3-4,16H,1-2H3. The number of H-pyrrole nitrogens is 1. The van der Waals surface area contributed by atoms with Gasteiger partial charge in [0.2, 0.25) is 0 Å². The maximum Gasteiger partial charge on any atom is 0.432 e. The monoisotopic (exact) mass is 274 g/mol. The molecule has 0 amide bonds. The number of hydrogen-bond acceptors (Lipinski definition) is 3. The third-order valence-electron chi connectivity index (χ3n) is 2.20. The molecule has 0 bridgehead atoms. The Morgan fingerprint density at radius 2 is 1.72 bits per heavy atom. The van der Waals surface area contributed by atoms with Crippen molar-refractivity contribution in [3.63, 3.8) is 0 Å². The molecule has 0 atom stereocenters. The van der Waals surface area contributed by atoms with Crippen molar-refractivity contribution < 1.29 is 13.2 Å². The lowest BCUT2D eigenvalue weighted by Crippen LogP contribution is -2.09. The molecular formula is C10H9F3N4S. The zero-order chi connectivity index (χ0) is 13.5. The molecule has 1 N–H and O–H groups in total. The van der Waals surface area contributed by atoms with E-state index in [9.17, 15) is 13.2 Å². The molecule has 0 aliphatic rings. The number of alkyl halides is 3. The van der Waals surface area contributed by atoms with Crippen molar-refractivity contribution in [2.45, 2.75) is 20.0 Å². The van der Waals surface area contributed by atoms with Crippen LogP contribution in [-0.4, -0.2) is 19.7 Å². The quantitative estimate of drug-likeness (QED) is 0.813. The number of nitrogens with zero attached hydrogens (tertiary/aromatic N) is 3. The van der Waals surface area contributed by atoms with E-state index in [2.05, 4.69) is 15.1 Å². The van der Waals surface area contributed by atoms with E-state index in [0.29, 0.717) is 11.4 Å². The number of hydrogen-bond donors (Lipinski definition) is 1. The first-order chi connectivity index (χ1) is 8.27. The van der Waals surface area contributed by atoms with Crippen molar-refractivity contribution in [3.8, 4) is 5.95 Å². The fraction of sp³-hybridized carbons (Fsp3) is 0.300. The van der Waals surface area contributed by atoms with Crippen LogP contribution in [0.15, 0.2) is 12.1 Å². The first kappa shape index (κ1) is 12.7. The van der Waals surface area contributed by atoms with Gasteiger partial charge < -0.3 is 0 Å². The minimum absolute atomic E-state index is 0.0210. The highest BCUT2D eigenvalue weighted by Gasteiger charge is 2.33. The highest BCUT2D eigenvalue weighted by atomic mass is 32.1. The van der Waals surface area contributed by atoms with Gasteiger partial charge in [-0.2, -0.15) is 13.2 Å². The number of rotatable bonds is 1. The SMILES string of the molecule is Cc1cc(C)nc(-n2[nH]c(C(F)(F)F)cc2=S)n1. The molecule has 0 unspecified atom stereocenters. The Morgan fingerprint density at radius 3 is 2.17 bits per heavy atom. The van der Waals surface area contributed by atoms with Gasteiger partial charge in [0.05, 0.1) is 0 Å². The van der Waals surface area contributed by atoms with Gasteiger partial charge in [-0.05, 0) is 19.9 Å². The minimum atomic E-state index is -4.47. The maximum absolute atomic E-state index is 12.5. The van der Waals surface area contributed by atoms with Crippen molar-refractivity contribution in [1.82, 2.24) is 19.7 Å². The molecule has 0 radical (unpaired) electrons. The lowest BCUT2D eigenvalue weighted by molar-refractivity contribution is -0.141. The molecule has 0 saturated carbocycles. The van der Waals surface area contributed by atoms with E-state index in [1.54, 1.807) is 19.9 Å². The lowest BCUT2D eigenvalue weighted by atomic mass is 10.4. The second kappa shape index (κ2) is 4.20. The van der Waals surface area contributed by atoms with Gasteiger partial charge in [-0.3, -0.25) is 5.10 Å². The van der Waals surface area contributed by atoms with Gasteiger partial charge in [0, 0.05) is 17.5 Å². The summed E-state index contributed by atoms with van der Waals surface area (Å²) in [6.45, 7) is 3.46. The van der Waals surface area contributed by atoms with Crippen molar-refractivity contribution in [2.24, 2.45) is 0 Å². The fourth-order valence-corrected chi connectivity index (χ4v) is 1.74. The van der Waals surface area contributed by atoms with E-state index < -0.39 is 11.9 Å². The summed E-state index contributed by atoms with van der Waals surface area (Å²) in [5, 5.41) is 2.15. The molecular weight excluding hydrogens is 265 g/mol. The van der Waals surface area contributed by atoms with Crippen LogP contribution in [0, 0.1) is 18.5 Å². The minimum Gasteiger partial charge on any atom is -0.286 e. The zero-order valence-corrected chi connectivity index (χ0v) is 10.4. The smallest absolute Gasteiger partial charge is 0.286 e. The van der Waals surface area contributed by atoms with E-state index >= 15 is 0 Å². The van der Waals surface area contributed by atoms with Crippen molar-refractivity contribution in [3.05, 3.63) is 33.9 Å². The lowest BCUT2D eigenvalue weighted by Gasteiger charge is -2.05. The Bertz CT molecular complexity index is 621. The van der Waals surface area contributed by atoms with E-state index in [1.165, 1.54) is 0 Å². The van der Waals surface area contributed by atoms with Gasteiger partial charge >= 0.3 is 6.18 Å². The molecule has 2 aromatic heterocycles. The second-order valence-electron chi connectivity index (χ2n) is 3.79. The highest BCUT2D eigenvalue weighted by molar-refractivity contribution is 7.71. The molecule has 2 rings (SSSR count). The average molecular weight is 274 g/mol. The molecule has 8 heteroatoms. The Morgan fingerprint density at radius 1 is 1.17 bits per heavy atom. The Labute approximate surface area is 105 Å². The van der Waals surface area contributed by atoms with Gasteiger partial charge in [-0.1, -0.05) is 12.2 Å². The van der Waals surface area contributed by atoms with Crippen molar-refractivity contribution in [1.29, 1.82) is 0 Å². The van der Waals surface area contributed by atoms with E-state index in [1.807, 2.05) is 0 Å². The summed E-state index contributed by atoms with van der Waals surface area (Å²) in [5.41, 5.74) is 0.389. The predicted molar refractivity (Wildman–Crippen MR) is 61.0 cm³/mol. The predicted octanol–water partition coefficient (Wildman–Crippen LogP) is 2.96. The van der Waals surface area contributed by atoms with Crippen LogP contribution in [-0.2, 0) is 6.18 Å². The van der Waals surface area contributed by atoms with Crippen LogP contribution in [0.3, 0.4) is 0 Å². The molecule has 2 aromatic rings. The molecule has 0 spiro atoms. The van der Waals surface area contributed by atoms with Crippen molar-refractivity contribution >= 4 is 12.2 Å². The number of halogens is 3. The molecule has 0 fully saturated rings. The van der Waals surface area contributed by atoms with Gasteiger partial charge in [0.15, 0.2) is 0 Å². The number of nitrogens with one attached hydrogen (secondary N) is 1. The van der Waals surface area contributed by atoms with Crippen LogP contribution in [0.4, 0.5) is 13.2 Å². The molecule has 0 saturated heterocycles. The summed E-state index contributed by atoms with van der Waals surface area (Å²) in [7, 11) is 0. The van der Waals surface area contributed by atoms with Gasteiger partial charge in [0.25, 0.3) is 5.95 Å². The average Bonchev–Trinajstić information content (AvgIpc) is 2.58. The summed E-state index contributed by atoms with van der Waals surface area (Å²) in [4.78, 5) is 8.09. The van der Waals surface area contributed by atoms with Crippen LogP contribution in [0.25, 0.3) is 5.95 Å². The Hall–Kier alpha value is -1.70. The normalized spacial score (nSPS) is 11.8. The number of aromatic nitrogens is 4. The molecule has 18 heavy (non-hydrogen) atoms. The van der Waals surface area contributed by atoms with E-state index in [4.69, 9.17) is 12.2 Å². The van der Waals surface area contributed by atoms with Gasteiger partial charge in [-0.25, -0.2) is 14.6 Å². The maximum atomic E-state index is 12.5. The number of aromatic amines is 1. The van der Waals surface area contributed by atoms with Crippen LogP contribution in [0.2, 0.25) is 0 Å². The Balaban J connectivity index is 2.58. The van der Waals surface area contributed by atoms with E-state index in [-0.39, 0.29) is 10.6 Å². The highest BCUT2D eigenvalue weighted by Crippen LogP contribution is 2.28. The largest absolute Gasteiger partial charge is 0.432 e. The molecule has 0 aromatic carbocycles. The van der Waals surface area contributed by atoms with Crippen LogP contribution in [0.1, 0.15) is 17.1 Å². The van der Waals surface area contributed by atoms with E-state index in [0.717, 1.165) is 10.7 Å². The third kappa shape index (κ3) is 2.42. The second-order valence-corrected chi connectivity index (χ2v) is 4.21. The fourth-order valence-electron chi connectivity index (χ4n) is 1.50. The summed E-state index contributed by atoms with van der Waals surface area (Å²) in [6.07, 6.45) is -4.47. The topological polar surface area (TPSA) is 46.5 Å². The first-order valence-electron chi connectivity index (χ1n) is 4.99. The zero-order valence-electron chi connectivity index (χ0n) is 9.54. The summed E-state index contributed by atoms with van der Waals surface area (Å²) in [5.74, 6) is 0.105. The van der Waals surface area contributed by atoms with Crippen molar-refractivity contribution in [2.75, 3.05) is 0 Å². The van der Waals surface area contributed by atoms with Gasteiger partial charge in [-0.15, -0.1) is 0 Å². The molecule has 2 heterocycles. The molecule has 96 valence electrons. The van der Waals surface area contributed by atoms with Crippen LogP contribution in [0.5, 0.6) is 0 Å². The molecule has 0 aliphatic heterocycles. The summed E-state index contributed by atoms with van der Waals surface area (Å²) >= 11 is 4.86. The number of aryl methyl sites for hydroxylation is 2. The summed E-state index contributed by atoms with van der Waals surface area (Å²) < 4.78 is 38.6. The summed E-state index contributed by atoms with van der Waals surface area (Å²) in [6, 6.07) is 2.57. The molecule has 0 aliphatic carbocycles. The van der Waals surface area contributed by atoms with Crippen LogP contribution >= 0.6 is 12.2 Å².